The van der Waals surface area contributed by atoms with Gasteiger partial charge in [-0.1, -0.05) is 18.2 Å². The van der Waals surface area contributed by atoms with E-state index in [1.807, 2.05) is 24.3 Å². The zero-order valence-electron chi connectivity index (χ0n) is 14.8. The Balaban J connectivity index is 1.83. The third-order valence-corrected chi connectivity index (χ3v) is 3.73. The molecule has 2 aromatic carbocycles. The molecule has 0 heterocycles. The molecule has 0 spiro atoms. The maximum atomic E-state index is 13.2. The van der Waals surface area contributed by atoms with Crippen LogP contribution in [0.5, 0.6) is 11.5 Å². The molecular weight excluding hydrogens is 321 g/mol. The fourth-order valence-electron chi connectivity index (χ4n) is 2.41. The van der Waals surface area contributed by atoms with E-state index in [1.165, 1.54) is 12.1 Å². The van der Waals surface area contributed by atoms with Crippen LogP contribution in [0.4, 0.5) is 4.39 Å². The molecular formula is C19H24FN3O2. The number of rotatable bonds is 7. The van der Waals surface area contributed by atoms with Crippen molar-refractivity contribution in [3.8, 4) is 11.5 Å². The molecule has 0 bridgehead atoms. The summed E-state index contributed by atoms with van der Waals surface area (Å²) in [5, 5.41) is 6.41. The van der Waals surface area contributed by atoms with E-state index in [1.54, 1.807) is 27.3 Å². The SMILES string of the molecule is CN=C(NCCc1ccc(OC)c(OC)c1)NCc1cccc(F)c1. The first-order valence-corrected chi connectivity index (χ1v) is 8.06. The number of benzene rings is 2. The monoisotopic (exact) mass is 345 g/mol. The van der Waals surface area contributed by atoms with E-state index in [-0.39, 0.29) is 5.82 Å². The number of hydrogen-bond donors (Lipinski definition) is 2. The van der Waals surface area contributed by atoms with Crippen LogP contribution in [0.25, 0.3) is 0 Å². The van der Waals surface area contributed by atoms with Crippen LogP contribution in [0.15, 0.2) is 47.5 Å². The van der Waals surface area contributed by atoms with E-state index in [9.17, 15) is 4.39 Å². The van der Waals surface area contributed by atoms with Crippen molar-refractivity contribution in [1.29, 1.82) is 0 Å². The lowest BCUT2D eigenvalue weighted by atomic mass is 10.1. The molecule has 0 atom stereocenters. The Labute approximate surface area is 147 Å². The van der Waals surface area contributed by atoms with Crippen LogP contribution < -0.4 is 20.1 Å². The second kappa shape index (κ2) is 9.52. The quantitative estimate of drug-likeness (QED) is 0.598. The fraction of sp³-hybridized carbons (Fsp3) is 0.316. The van der Waals surface area contributed by atoms with Crippen molar-refractivity contribution in [2.24, 2.45) is 4.99 Å². The van der Waals surface area contributed by atoms with Gasteiger partial charge in [0.25, 0.3) is 0 Å². The molecule has 2 rings (SSSR count). The third-order valence-electron chi connectivity index (χ3n) is 3.73. The number of aliphatic imine (C=N–C) groups is 1. The lowest BCUT2D eigenvalue weighted by Gasteiger charge is -2.13. The summed E-state index contributed by atoms with van der Waals surface area (Å²) in [6.07, 6.45) is 0.807. The molecule has 2 N–H and O–H groups in total. The summed E-state index contributed by atoms with van der Waals surface area (Å²) in [7, 11) is 4.95. The van der Waals surface area contributed by atoms with Crippen LogP contribution in [-0.2, 0) is 13.0 Å². The van der Waals surface area contributed by atoms with E-state index in [4.69, 9.17) is 9.47 Å². The Morgan fingerprint density at radius 3 is 2.48 bits per heavy atom. The summed E-state index contributed by atoms with van der Waals surface area (Å²) in [5.74, 6) is 1.86. The summed E-state index contributed by atoms with van der Waals surface area (Å²) in [4.78, 5) is 4.17. The van der Waals surface area contributed by atoms with Gasteiger partial charge in [-0.15, -0.1) is 0 Å². The molecule has 134 valence electrons. The van der Waals surface area contributed by atoms with Crippen LogP contribution in [-0.4, -0.2) is 33.8 Å². The van der Waals surface area contributed by atoms with Crippen molar-refractivity contribution in [1.82, 2.24) is 10.6 Å². The van der Waals surface area contributed by atoms with Crippen LogP contribution in [0.2, 0.25) is 0 Å². The Morgan fingerprint density at radius 1 is 1.00 bits per heavy atom. The Bertz CT molecular complexity index is 720. The second-order valence-electron chi connectivity index (χ2n) is 5.42. The molecule has 0 aliphatic carbocycles. The number of methoxy groups -OCH3 is 2. The van der Waals surface area contributed by atoms with Crippen molar-refractivity contribution >= 4 is 5.96 Å². The van der Waals surface area contributed by atoms with Crippen LogP contribution >= 0.6 is 0 Å². The predicted molar refractivity (Wildman–Crippen MR) is 97.9 cm³/mol. The maximum absolute atomic E-state index is 13.2. The number of ether oxygens (including phenoxy) is 2. The molecule has 0 aromatic heterocycles. The van der Waals surface area contributed by atoms with E-state index in [2.05, 4.69) is 15.6 Å². The van der Waals surface area contributed by atoms with Gasteiger partial charge < -0.3 is 20.1 Å². The van der Waals surface area contributed by atoms with Gasteiger partial charge in [-0.3, -0.25) is 4.99 Å². The zero-order chi connectivity index (χ0) is 18.1. The van der Waals surface area contributed by atoms with Gasteiger partial charge in [0.05, 0.1) is 14.2 Å². The summed E-state index contributed by atoms with van der Waals surface area (Å²) in [6.45, 7) is 1.21. The first-order chi connectivity index (χ1) is 12.2. The van der Waals surface area contributed by atoms with Gasteiger partial charge in [-0.2, -0.15) is 0 Å². The number of guanidine groups is 1. The van der Waals surface area contributed by atoms with Gasteiger partial charge in [-0.05, 0) is 41.8 Å². The second-order valence-corrected chi connectivity index (χ2v) is 5.42. The van der Waals surface area contributed by atoms with Crippen molar-refractivity contribution in [3.05, 3.63) is 59.4 Å². The van der Waals surface area contributed by atoms with Gasteiger partial charge in [0, 0.05) is 20.1 Å². The minimum absolute atomic E-state index is 0.240. The fourth-order valence-corrected chi connectivity index (χ4v) is 2.41. The lowest BCUT2D eigenvalue weighted by molar-refractivity contribution is 0.354. The van der Waals surface area contributed by atoms with Crippen LogP contribution in [0.3, 0.4) is 0 Å². The zero-order valence-corrected chi connectivity index (χ0v) is 14.8. The summed E-state index contributed by atoms with van der Waals surface area (Å²) in [6, 6.07) is 12.4. The van der Waals surface area contributed by atoms with Crippen molar-refractivity contribution in [2.45, 2.75) is 13.0 Å². The molecule has 0 amide bonds. The molecule has 0 fully saturated rings. The van der Waals surface area contributed by atoms with Crippen LogP contribution in [0.1, 0.15) is 11.1 Å². The van der Waals surface area contributed by atoms with E-state index >= 15 is 0 Å². The van der Waals surface area contributed by atoms with Gasteiger partial charge in [-0.25, -0.2) is 4.39 Å². The first-order valence-electron chi connectivity index (χ1n) is 8.06. The number of hydrogen-bond acceptors (Lipinski definition) is 3. The Hall–Kier alpha value is -2.76. The molecule has 5 nitrogen and oxygen atoms in total. The maximum Gasteiger partial charge on any atom is 0.191 e. The number of halogens is 1. The minimum atomic E-state index is -0.240. The van der Waals surface area contributed by atoms with Crippen molar-refractivity contribution in [3.63, 3.8) is 0 Å². The first kappa shape index (κ1) is 18.6. The topological polar surface area (TPSA) is 54.9 Å². The highest BCUT2D eigenvalue weighted by Gasteiger charge is 2.05. The highest BCUT2D eigenvalue weighted by Crippen LogP contribution is 2.27. The summed E-state index contributed by atoms with van der Waals surface area (Å²) >= 11 is 0. The van der Waals surface area contributed by atoms with Gasteiger partial charge in [0.1, 0.15) is 5.82 Å². The average Bonchev–Trinajstić information content (AvgIpc) is 2.64. The number of nitrogens with zero attached hydrogens (tertiary/aromatic N) is 1. The highest BCUT2D eigenvalue weighted by molar-refractivity contribution is 5.79. The molecule has 0 saturated carbocycles. The van der Waals surface area contributed by atoms with Gasteiger partial charge >= 0.3 is 0 Å². The Kier molecular flexibility index (Phi) is 7.07. The standard InChI is InChI=1S/C19H24FN3O2/c1-21-19(23-13-15-5-4-6-16(20)11-15)22-10-9-14-7-8-17(24-2)18(12-14)25-3/h4-8,11-12H,9-10,13H2,1-3H3,(H2,21,22,23). The van der Waals surface area contributed by atoms with Crippen molar-refractivity contribution in [2.75, 3.05) is 27.8 Å². The minimum Gasteiger partial charge on any atom is -0.493 e. The number of nitrogens with one attached hydrogen (secondary N) is 2. The Morgan fingerprint density at radius 2 is 1.80 bits per heavy atom. The van der Waals surface area contributed by atoms with E-state index in [0.29, 0.717) is 30.5 Å². The molecule has 0 saturated heterocycles. The molecule has 0 unspecified atom stereocenters. The largest absolute Gasteiger partial charge is 0.493 e. The molecule has 2 aromatic rings. The molecule has 25 heavy (non-hydrogen) atoms. The third kappa shape index (κ3) is 5.67. The molecule has 6 heteroatoms. The van der Waals surface area contributed by atoms with Gasteiger partial charge in [0.15, 0.2) is 17.5 Å². The van der Waals surface area contributed by atoms with Crippen LogP contribution in [0, 0.1) is 5.82 Å². The summed E-state index contributed by atoms with van der Waals surface area (Å²) in [5.41, 5.74) is 1.99. The smallest absolute Gasteiger partial charge is 0.191 e. The highest BCUT2D eigenvalue weighted by atomic mass is 19.1. The van der Waals surface area contributed by atoms with E-state index in [0.717, 1.165) is 17.5 Å². The van der Waals surface area contributed by atoms with Gasteiger partial charge in [0.2, 0.25) is 0 Å². The molecule has 0 aliphatic rings. The normalized spacial score (nSPS) is 11.1. The van der Waals surface area contributed by atoms with E-state index < -0.39 is 0 Å². The lowest BCUT2D eigenvalue weighted by Crippen LogP contribution is -2.37. The summed E-state index contributed by atoms with van der Waals surface area (Å²) < 4.78 is 23.7. The molecule has 0 radical (unpaired) electrons. The predicted octanol–water partition coefficient (Wildman–Crippen LogP) is 2.75. The van der Waals surface area contributed by atoms with Crippen molar-refractivity contribution < 1.29 is 13.9 Å². The molecule has 0 aliphatic heterocycles. The average molecular weight is 345 g/mol.